The molecule has 0 aliphatic heterocycles. The van der Waals surface area contributed by atoms with Crippen molar-refractivity contribution in [1.29, 1.82) is 0 Å². The van der Waals surface area contributed by atoms with Gasteiger partial charge in [-0.15, -0.1) is 22.7 Å². The van der Waals surface area contributed by atoms with E-state index in [9.17, 15) is 13.2 Å². The Morgan fingerprint density at radius 1 is 1.13 bits per heavy atom. The van der Waals surface area contributed by atoms with Crippen molar-refractivity contribution in [3.63, 3.8) is 0 Å². The van der Waals surface area contributed by atoms with E-state index in [-0.39, 0.29) is 10.0 Å². The van der Waals surface area contributed by atoms with Gasteiger partial charge in [0.2, 0.25) is 0 Å². The zero-order valence-corrected chi connectivity index (χ0v) is 15.5. The van der Waals surface area contributed by atoms with Crippen LogP contribution >= 0.6 is 22.7 Å². The molecule has 0 aromatic carbocycles. The normalized spacial score (nSPS) is 10.7. The SMILES string of the molecule is CC.CC(C)Cc1cnc(N)s1.Cc1sc(N)nc1C(F)(F)F. The second kappa shape index (κ2) is 9.71. The van der Waals surface area contributed by atoms with Crippen LogP contribution in [-0.2, 0) is 12.6 Å². The molecule has 0 unspecified atom stereocenters. The average molecular weight is 368 g/mol. The Morgan fingerprint density at radius 2 is 1.70 bits per heavy atom. The lowest BCUT2D eigenvalue weighted by Crippen LogP contribution is -2.07. The number of thiazole rings is 2. The van der Waals surface area contributed by atoms with Crippen LogP contribution in [0.2, 0.25) is 0 Å². The van der Waals surface area contributed by atoms with Crippen LogP contribution in [0.5, 0.6) is 0 Å². The molecule has 0 aliphatic carbocycles. The summed E-state index contributed by atoms with van der Waals surface area (Å²) < 4.78 is 35.9. The third-order valence-corrected chi connectivity index (χ3v) is 3.91. The van der Waals surface area contributed by atoms with Gasteiger partial charge in [0.25, 0.3) is 0 Å². The predicted molar refractivity (Wildman–Crippen MR) is 92.7 cm³/mol. The minimum atomic E-state index is -4.38. The van der Waals surface area contributed by atoms with Gasteiger partial charge in [0.1, 0.15) is 0 Å². The molecule has 0 saturated carbocycles. The highest BCUT2D eigenvalue weighted by Gasteiger charge is 2.35. The Hall–Kier alpha value is -1.35. The van der Waals surface area contributed by atoms with Crippen molar-refractivity contribution in [1.82, 2.24) is 9.97 Å². The van der Waals surface area contributed by atoms with Crippen molar-refractivity contribution in [2.75, 3.05) is 11.5 Å². The van der Waals surface area contributed by atoms with Crippen LogP contribution in [0.15, 0.2) is 6.20 Å². The van der Waals surface area contributed by atoms with Crippen LogP contribution in [0.25, 0.3) is 0 Å². The first-order valence-electron chi connectivity index (χ1n) is 7.09. The van der Waals surface area contributed by atoms with Crippen molar-refractivity contribution in [2.24, 2.45) is 5.92 Å². The highest BCUT2D eigenvalue weighted by molar-refractivity contribution is 7.15. The zero-order valence-electron chi connectivity index (χ0n) is 13.9. The van der Waals surface area contributed by atoms with Crippen LogP contribution in [0.1, 0.15) is 43.1 Å². The van der Waals surface area contributed by atoms with E-state index < -0.39 is 11.9 Å². The second-order valence-electron chi connectivity index (χ2n) is 4.72. The first-order valence-corrected chi connectivity index (χ1v) is 8.73. The molecule has 132 valence electrons. The smallest absolute Gasteiger partial charge is 0.375 e. The Labute approximate surface area is 142 Å². The first kappa shape index (κ1) is 21.6. The molecular weight excluding hydrogens is 345 g/mol. The molecule has 2 aromatic rings. The van der Waals surface area contributed by atoms with Gasteiger partial charge < -0.3 is 11.5 Å². The van der Waals surface area contributed by atoms with Gasteiger partial charge in [0, 0.05) is 16.0 Å². The molecule has 0 radical (unpaired) electrons. The lowest BCUT2D eigenvalue weighted by molar-refractivity contribution is -0.141. The number of halogens is 3. The maximum atomic E-state index is 12.0. The minimum Gasteiger partial charge on any atom is -0.375 e. The molecular formula is C14H23F3N4S2. The summed E-state index contributed by atoms with van der Waals surface area (Å²) in [7, 11) is 0. The van der Waals surface area contributed by atoms with Gasteiger partial charge in [-0.1, -0.05) is 27.7 Å². The minimum absolute atomic E-state index is 0.0465. The van der Waals surface area contributed by atoms with Crippen LogP contribution < -0.4 is 11.5 Å². The summed E-state index contributed by atoms with van der Waals surface area (Å²) in [6.45, 7) is 9.72. The molecule has 2 rings (SSSR count). The third-order valence-electron chi connectivity index (χ3n) is 2.26. The second-order valence-corrected chi connectivity index (χ2v) is 7.10. The standard InChI is InChI=1S/C7H12N2S.C5H5F3N2S.C2H6/c1-5(2)3-6-4-9-7(8)10-6;1-2-3(5(6,7)8)10-4(9)11-2;1-2/h4-5H,3H2,1-2H3,(H2,8,9);1H3,(H2,9,10);1-2H3. The fourth-order valence-electron chi connectivity index (χ4n) is 1.50. The number of nitrogen functional groups attached to an aromatic ring is 2. The number of aryl methyl sites for hydroxylation is 1. The molecule has 0 spiro atoms. The molecule has 4 nitrogen and oxygen atoms in total. The first-order chi connectivity index (χ1) is 10.6. The predicted octanol–water partition coefficient (Wildman–Crippen LogP) is 5.00. The number of alkyl halides is 3. The van der Waals surface area contributed by atoms with E-state index in [2.05, 4.69) is 23.8 Å². The van der Waals surface area contributed by atoms with E-state index in [4.69, 9.17) is 11.5 Å². The number of aromatic nitrogens is 2. The van der Waals surface area contributed by atoms with Crippen LogP contribution in [0.3, 0.4) is 0 Å². The summed E-state index contributed by atoms with van der Waals surface area (Å²) in [6.07, 6.45) is -1.42. The number of rotatable bonds is 2. The maximum Gasteiger partial charge on any atom is 0.434 e. The molecule has 0 bridgehead atoms. The van der Waals surface area contributed by atoms with E-state index >= 15 is 0 Å². The summed E-state index contributed by atoms with van der Waals surface area (Å²) in [5, 5.41) is 0.630. The van der Waals surface area contributed by atoms with Crippen LogP contribution in [-0.4, -0.2) is 9.97 Å². The molecule has 0 fully saturated rings. The van der Waals surface area contributed by atoms with E-state index in [1.807, 2.05) is 20.0 Å². The Kier molecular flexibility index (Phi) is 9.14. The van der Waals surface area contributed by atoms with Gasteiger partial charge in [0.05, 0.1) is 0 Å². The molecule has 9 heteroatoms. The van der Waals surface area contributed by atoms with Crippen molar-refractivity contribution < 1.29 is 13.2 Å². The van der Waals surface area contributed by atoms with Gasteiger partial charge in [-0.05, 0) is 19.3 Å². The van der Waals surface area contributed by atoms with Gasteiger partial charge >= 0.3 is 6.18 Å². The van der Waals surface area contributed by atoms with Crippen molar-refractivity contribution >= 4 is 32.9 Å². The van der Waals surface area contributed by atoms with E-state index in [1.54, 1.807) is 11.3 Å². The van der Waals surface area contributed by atoms with E-state index in [1.165, 1.54) is 11.8 Å². The number of hydrogen-bond donors (Lipinski definition) is 2. The average Bonchev–Trinajstić information content (AvgIpc) is 2.97. The summed E-state index contributed by atoms with van der Waals surface area (Å²) in [4.78, 5) is 8.51. The van der Waals surface area contributed by atoms with Crippen molar-refractivity contribution in [3.05, 3.63) is 21.6 Å². The lowest BCUT2D eigenvalue weighted by atomic mass is 10.1. The van der Waals surface area contributed by atoms with Gasteiger partial charge in [-0.25, -0.2) is 9.97 Å². The van der Waals surface area contributed by atoms with Crippen LogP contribution in [0, 0.1) is 12.8 Å². The molecule has 23 heavy (non-hydrogen) atoms. The lowest BCUT2D eigenvalue weighted by Gasteiger charge is -2.01. The Bertz CT molecular complexity index is 577. The van der Waals surface area contributed by atoms with Crippen molar-refractivity contribution in [2.45, 2.75) is 47.2 Å². The highest BCUT2D eigenvalue weighted by atomic mass is 32.1. The molecule has 4 N–H and O–H groups in total. The Morgan fingerprint density at radius 3 is 1.96 bits per heavy atom. The number of nitrogens with two attached hydrogens (primary N) is 2. The topological polar surface area (TPSA) is 77.8 Å². The number of anilines is 2. The highest BCUT2D eigenvalue weighted by Crippen LogP contribution is 2.34. The van der Waals surface area contributed by atoms with Gasteiger partial charge in [0.15, 0.2) is 16.0 Å². The number of nitrogens with zero attached hydrogens (tertiary/aromatic N) is 2. The molecule has 0 aliphatic rings. The summed E-state index contributed by atoms with van der Waals surface area (Å²) in [6, 6.07) is 0. The quantitative estimate of drug-likeness (QED) is 0.782. The van der Waals surface area contributed by atoms with Gasteiger partial charge in [-0.2, -0.15) is 13.2 Å². The monoisotopic (exact) mass is 368 g/mol. The van der Waals surface area contributed by atoms with E-state index in [0.29, 0.717) is 11.0 Å². The largest absolute Gasteiger partial charge is 0.434 e. The molecule has 0 atom stereocenters. The molecule has 2 aromatic heterocycles. The third kappa shape index (κ3) is 8.17. The summed E-state index contributed by atoms with van der Waals surface area (Å²) in [5.74, 6) is 0.694. The molecule has 0 amide bonds. The van der Waals surface area contributed by atoms with Crippen LogP contribution in [0.4, 0.5) is 23.4 Å². The molecule has 2 heterocycles. The van der Waals surface area contributed by atoms with Gasteiger partial charge in [-0.3, -0.25) is 0 Å². The summed E-state index contributed by atoms with van der Waals surface area (Å²) >= 11 is 2.43. The molecule has 0 saturated heterocycles. The van der Waals surface area contributed by atoms with Crippen molar-refractivity contribution in [3.8, 4) is 0 Å². The summed E-state index contributed by atoms with van der Waals surface area (Å²) in [5.41, 5.74) is 9.67. The maximum absolute atomic E-state index is 12.0. The zero-order chi connectivity index (χ0) is 18.2. The number of hydrogen-bond acceptors (Lipinski definition) is 6. The fraction of sp³-hybridized carbons (Fsp3) is 0.571. The fourth-order valence-corrected chi connectivity index (χ4v) is 3.10. The van der Waals surface area contributed by atoms with E-state index in [0.717, 1.165) is 17.8 Å². The Balaban J connectivity index is 0.000000381.